The molecule has 0 amide bonds. The molecule has 1 aliphatic rings. The first-order valence-electron chi connectivity index (χ1n) is 7.34. The van der Waals surface area contributed by atoms with Crippen LogP contribution >= 0.6 is 0 Å². The van der Waals surface area contributed by atoms with Crippen LogP contribution in [-0.4, -0.2) is 42.0 Å². The van der Waals surface area contributed by atoms with E-state index < -0.39 is 0 Å². The molecule has 1 aliphatic heterocycles. The molecule has 1 fully saturated rings. The summed E-state index contributed by atoms with van der Waals surface area (Å²) in [7, 11) is 0. The number of hydrogen-bond donors (Lipinski definition) is 1. The van der Waals surface area contributed by atoms with Crippen LogP contribution in [0.3, 0.4) is 0 Å². The van der Waals surface area contributed by atoms with Gasteiger partial charge >= 0.3 is 0 Å². The first kappa shape index (κ1) is 14.3. The van der Waals surface area contributed by atoms with Gasteiger partial charge in [-0.3, -0.25) is 0 Å². The molecular weight excluding hydrogens is 242 g/mol. The van der Waals surface area contributed by atoms with Crippen LogP contribution in [0.4, 0.5) is 5.95 Å². The summed E-state index contributed by atoms with van der Waals surface area (Å²) in [5.41, 5.74) is 0. The number of rotatable bonds is 9. The summed E-state index contributed by atoms with van der Waals surface area (Å²) < 4.78 is 13.1. The molecule has 0 bridgehead atoms. The molecule has 5 heteroatoms. The van der Waals surface area contributed by atoms with Crippen LogP contribution in [0.2, 0.25) is 0 Å². The number of nitrogens with one attached hydrogen (secondary N) is 1. The molecule has 108 valence electrons. The van der Waals surface area contributed by atoms with E-state index in [-0.39, 0.29) is 0 Å². The summed E-state index contributed by atoms with van der Waals surface area (Å²) in [6.45, 7) is 6.42. The Kier molecular flexibility index (Phi) is 6.17. The van der Waals surface area contributed by atoms with Crippen molar-refractivity contribution in [3.8, 4) is 0 Å². The predicted molar refractivity (Wildman–Crippen MR) is 75.4 cm³/mol. The van der Waals surface area contributed by atoms with Crippen LogP contribution in [0.15, 0.2) is 12.4 Å². The van der Waals surface area contributed by atoms with Crippen molar-refractivity contribution < 1.29 is 9.47 Å². The topological polar surface area (TPSA) is 48.3 Å². The minimum absolute atomic E-state index is 0.439. The van der Waals surface area contributed by atoms with Crippen molar-refractivity contribution in [3.63, 3.8) is 0 Å². The lowest BCUT2D eigenvalue weighted by Gasteiger charge is -2.12. The quantitative estimate of drug-likeness (QED) is 0.697. The lowest BCUT2D eigenvalue weighted by Crippen LogP contribution is -2.15. The van der Waals surface area contributed by atoms with E-state index in [0.29, 0.717) is 6.10 Å². The molecule has 2 rings (SSSR count). The molecule has 0 saturated carbocycles. The van der Waals surface area contributed by atoms with Crippen molar-refractivity contribution in [1.82, 2.24) is 9.55 Å². The molecule has 5 nitrogen and oxygen atoms in total. The number of aromatic nitrogens is 2. The van der Waals surface area contributed by atoms with Crippen molar-refractivity contribution in [2.45, 2.75) is 45.3 Å². The zero-order chi connectivity index (χ0) is 13.3. The zero-order valence-electron chi connectivity index (χ0n) is 11.8. The van der Waals surface area contributed by atoms with Gasteiger partial charge in [-0.2, -0.15) is 0 Å². The molecule has 1 aromatic rings. The van der Waals surface area contributed by atoms with Gasteiger partial charge in [0.25, 0.3) is 0 Å². The number of imidazole rings is 1. The molecule has 0 radical (unpaired) electrons. The normalized spacial score (nSPS) is 18.9. The maximum Gasteiger partial charge on any atom is 0.202 e. The zero-order valence-corrected chi connectivity index (χ0v) is 11.8. The third kappa shape index (κ3) is 4.84. The van der Waals surface area contributed by atoms with E-state index in [9.17, 15) is 0 Å². The van der Waals surface area contributed by atoms with Crippen molar-refractivity contribution in [3.05, 3.63) is 12.4 Å². The van der Waals surface area contributed by atoms with Gasteiger partial charge in [0.05, 0.1) is 6.10 Å². The van der Waals surface area contributed by atoms with Crippen molar-refractivity contribution >= 4 is 5.95 Å². The third-order valence-corrected chi connectivity index (χ3v) is 3.38. The molecular formula is C14H25N3O2. The highest BCUT2D eigenvalue weighted by molar-refractivity contribution is 5.25. The van der Waals surface area contributed by atoms with Crippen LogP contribution in [0.25, 0.3) is 0 Å². The Morgan fingerprint density at radius 1 is 1.58 bits per heavy atom. The smallest absolute Gasteiger partial charge is 0.202 e. The molecule has 1 saturated heterocycles. The second-order valence-electron chi connectivity index (χ2n) is 4.85. The Bertz CT molecular complexity index is 348. The summed E-state index contributed by atoms with van der Waals surface area (Å²) in [4.78, 5) is 4.35. The van der Waals surface area contributed by atoms with Gasteiger partial charge in [-0.05, 0) is 32.6 Å². The van der Waals surface area contributed by atoms with E-state index in [1.807, 2.05) is 19.3 Å². The van der Waals surface area contributed by atoms with Crippen molar-refractivity contribution in [1.29, 1.82) is 0 Å². The Hall–Kier alpha value is -1.07. The van der Waals surface area contributed by atoms with Gasteiger partial charge in [-0.15, -0.1) is 0 Å². The third-order valence-electron chi connectivity index (χ3n) is 3.38. The van der Waals surface area contributed by atoms with Crippen LogP contribution in [0.1, 0.15) is 32.6 Å². The predicted octanol–water partition coefficient (Wildman–Crippen LogP) is 2.29. The summed E-state index contributed by atoms with van der Waals surface area (Å²) in [5, 5.41) is 3.39. The fourth-order valence-electron chi connectivity index (χ4n) is 2.36. The molecule has 1 N–H and O–H groups in total. The maximum absolute atomic E-state index is 5.61. The van der Waals surface area contributed by atoms with E-state index >= 15 is 0 Å². The van der Waals surface area contributed by atoms with E-state index in [0.717, 1.165) is 51.7 Å². The Labute approximate surface area is 115 Å². The van der Waals surface area contributed by atoms with Crippen molar-refractivity contribution in [2.75, 3.05) is 31.7 Å². The number of nitrogens with zero attached hydrogens (tertiary/aromatic N) is 2. The second kappa shape index (κ2) is 8.17. The van der Waals surface area contributed by atoms with Crippen molar-refractivity contribution in [2.24, 2.45) is 0 Å². The minimum atomic E-state index is 0.439. The van der Waals surface area contributed by atoms with Crippen LogP contribution in [0, 0.1) is 0 Å². The summed E-state index contributed by atoms with van der Waals surface area (Å²) >= 11 is 0. The number of anilines is 1. The fourth-order valence-corrected chi connectivity index (χ4v) is 2.36. The van der Waals surface area contributed by atoms with Crippen LogP contribution in [-0.2, 0) is 16.0 Å². The Morgan fingerprint density at radius 2 is 2.53 bits per heavy atom. The number of hydrogen-bond acceptors (Lipinski definition) is 4. The van der Waals surface area contributed by atoms with Gasteiger partial charge in [-0.1, -0.05) is 0 Å². The maximum atomic E-state index is 5.61. The van der Waals surface area contributed by atoms with Gasteiger partial charge < -0.3 is 19.4 Å². The van der Waals surface area contributed by atoms with E-state index in [1.165, 1.54) is 12.8 Å². The first-order valence-corrected chi connectivity index (χ1v) is 7.34. The minimum Gasteiger partial charge on any atom is -0.382 e. The summed E-state index contributed by atoms with van der Waals surface area (Å²) in [6.07, 6.45) is 8.78. The second-order valence-corrected chi connectivity index (χ2v) is 4.85. The van der Waals surface area contributed by atoms with Gasteiger partial charge in [-0.25, -0.2) is 4.98 Å². The lowest BCUT2D eigenvalue weighted by molar-refractivity contribution is 0.107. The molecule has 1 aromatic heterocycles. The van der Waals surface area contributed by atoms with E-state index in [4.69, 9.17) is 9.47 Å². The highest BCUT2D eigenvalue weighted by Crippen LogP contribution is 2.15. The van der Waals surface area contributed by atoms with Crippen LogP contribution in [0.5, 0.6) is 0 Å². The average molecular weight is 267 g/mol. The Balaban J connectivity index is 1.66. The highest BCUT2D eigenvalue weighted by atomic mass is 16.5. The van der Waals surface area contributed by atoms with E-state index in [1.54, 1.807) is 0 Å². The number of ether oxygens (including phenoxy) is 2. The molecule has 0 aliphatic carbocycles. The highest BCUT2D eigenvalue weighted by Gasteiger charge is 2.14. The largest absolute Gasteiger partial charge is 0.382 e. The Morgan fingerprint density at radius 3 is 3.32 bits per heavy atom. The molecule has 0 aromatic carbocycles. The lowest BCUT2D eigenvalue weighted by atomic mass is 10.2. The van der Waals surface area contributed by atoms with Gasteiger partial charge in [0.1, 0.15) is 0 Å². The van der Waals surface area contributed by atoms with E-state index in [2.05, 4.69) is 14.9 Å². The van der Waals surface area contributed by atoms with Gasteiger partial charge in [0.2, 0.25) is 5.95 Å². The summed E-state index contributed by atoms with van der Waals surface area (Å²) in [6, 6.07) is 0. The van der Waals surface area contributed by atoms with Gasteiger partial charge in [0.15, 0.2) is 0 Å². The first-order chi connectivity index (χ1) is 9.40. The SMILES string of the molecule is CCOCCCn1ccnc1NCCC1CCCO1. The fraction of sp³-hybridized carbons (Fsp3) is 0.786. The average Bonchev–Trinajstić information content (AvgIpc) is 3.07. The van der Waals surface area contributed by atoms with Crippen LogP contribution < -0.4 is 5.32 Å². The summed E-state index contributed by atoms with van der Waals surface area (Å²) in [5.74, 6) is 0.953. The standard InChI is InChI=1S/C14H25N3O2/c1-2-18-11-4-9-17-10-8-16-14(17)15-7-6-13-5-3-12-19-13/h8,10,13H,2-7,9,11-12H2,1H3,(H,15,16). The molecule has 0 spiro atoms. The molecule has 2 heterocycles. The molecule has 1 unspecified atom stereocenters. The molecule has 1 atom stereocenters. The van der Waals surface area contributed by atoms with Gasteiger partial charge in [0, 0.05) is 45.3 Å². The number of aryl methyl sites for hydroxylation is 1. The monoisotopic (exact) mass is 267 g/mol. The molecule has 19 heavy (non-hydrogen) atoms.